The summed E-state index contributed by atoms with van der Waals surface area (Å²) in [4.78, 5) is 0. The summed E-state index contributed by atoms with van der Waals surface area (Å²) in [5.41, 5.74) is 2.24. The zero-order valence-electron chi connectivity index (χ0n) is 26.1. The Hall–Kier alpha value is -1.10. The lowest BCUT2D eigenvalue weighted by Gasteiger charge is -2.51. The second-order valence-electron chi connectivity index (χ2n) is 10.7. The summed E-state index contributed by atoms with van der Waals surface area (Å²) >= 11 is 0. The van der Waals surface area contributed by atoms with Crippen molar-refractivity contribution < 1.29 is 38.3 Å². The third kappa shape index (κ3) is 9.73. The van der Waals surface area contributed by atoms with Crippen LogP contribution in [0.4, 0.5) is 0 Å². The molecule has 1 saturated heterocycles. The van der Waals surface area contributed by atoms with Gasteiger partial charge in [0.25, 0.3) is 0 Å². The van der Waals surface area contributed by atoms with Gasteiger partial charge in [-0.3, -0.25) is 0 Å². The first kappa shape index (κ1) is 35.1. The lowest BCUT2D eigenvalue weighted by atomic mass is 9.85. The Morgan fingerprint density at radius 3 is 1.93 bits per heavy atom. The summed E-state index contributed by atoms with van der Waals surface area (Å²) in [6.45, 7) is 13.0. The Balaban J connectivity index is 2.61. The van der Waals surface area contributed by atoms with E-state index in [0.29, 0.717) is 32.0 Å². The second-order valence-corrected chi connectivity index (χ2v) is 10.7. The fourth-order valence-corrected chi connectivity index (χ4v) is 4.98. The summed E-state index contributed by atoms with van der Waals surface area (Å²) in [5.74, 6) is -1.81. The molecule has 2 rings (SSSR count). The van der Waals surface area contributed by atoms with Crippen LogP contribution in [-0.2, 0) is 38.9 Å². The van der Waals surface area contributed by atoms with Gasteiger partial charge in [-0.2, -0.15) is 0 Å². The first-order chi connectivity index (χ1) is 19.4. The van der Waals surface area contributed by atoms with E-state index in [0.717, 1.165) is 62.5 Å². The molecule has 0 spiro atoms. The normalized spacial score (nSPS) is 25.1. The highest BCUT2D eigenvalue weighted by molar-refractivity contribution is 5.36. The highest BCUT2D eigenvalue weighted by Gasteiger charge is 2.57. The van der Waals surface area contributed by atoms with Gasteiger partial charge in [0.1, 0.15) is 24.4 Å². The Labute approximate surface area is 243 Å². The molecule has 1 aliphatic heterocycles. The molecular formula is C32H56O8. The highest BCUT2D eigenvalue weighted by atomic mass is 16.7. The first-order valence-electron chi connectivity index (χ1n) is 15.4. The maximum atomic E-state index is 12.6. The van der Waals surface area contributed by atoms with Crippen molar-refractivity contribution in [1.82, 2.24) is 0 Å². The molecule has 0 bridgehead atoms. The van der Waals surface area contributed by atoms with Crippen molar-refractivity contribution >= 4 is 0 Å². The van der Waals surface area contributed by atoms with E-state index in [1.54, 1.807) is 14.2 Å². The van der Waals surface area contributed by atoms with Crippen molar-refractivity contribution in [3.05, 3.63) is 34.9 Å². The van der Waals surface area contributed by atoms with E-state index in [9.17, 15) is 5.11 Å². The van der Waals surface area contributed by atoms with E-state index < -0.39 is 36.5 Å². The van der Waals surface area contributed by atoms with Gasteiger partial charge in [0, 0.05) is 51.8 Å². The molecule has 0 saturated carbocycles. The van der Waals surface area contributed by atoms with Crippen LogP contribution in [0.25, 0.3) is 0 Å². The number of hydrogen-bond donors (Lipinski definition) is 1. The molecule has 0 amide bonds. The van der Waals surface area contributed by atoms with Gasteiger partial charge in [-0.25, -0.2) is 0 Å². The molecule has 1 aromatic carbocycles. The minimum Gasteiger partial charge on any atom is -0.379 e. The zero-order chi connectivity index (χ0) is 29.4. The molecule has 8 heteroatoms. The molecule has 1 N–H and O–H groups in total. The van der Waals surface area contributed by atoms with E-state index >= 15 is 0 Å². The lowest BCUT2D eigenvalue weighted by Crippen LogP contribution is -2.66. The van der Waals surface area contributed by atoms with E-state index in [1.807, 2.05) is 25.1 Å². The average molecular weight is 569 g/mol. The van der Waals surface area contributed by atoms with Crippen LogP contribution in [0.2, 0.25) is 0 Å². The third-order valence-electron chi connectivity index (χ3n) is 7.39. The van der Waals surface area contributed by atoms with Gasteiger partial charge in [-0.05, 0) is 44.2 Å². The maximum absolute atomic E-state index is 12.6. The zero-order valence-corrected chi connectivity index (χ0v) is 26.1. The number of ether oxygens (including phenoxy) is 7. The molecule has 1 unspecified atom stereocenters. The molecule has 1 heterocycles. The SMILES string of the molecule is CCCCOC[C@H]1OC(O)(c2cc(C(OC)OC)ccc2C)[C@H](OCCCC)[C@@H](OCCCC)[C@@H]1OCCCC. The summed E-state index contributed by atoms with van der Waals surface area (Å²) in [6, 6.07) is 5.77. The maximum Gasteiger partial charge on any atom is 0.223 e. The van der Waals surface area contributed by atoms with Gasteiger partial charge in [-0.15, -0.1) is 0 Å². The van der Waals surface area contributed by atoms with Gasteiger partial charge in [0.2, 0.25) is 5.79 Å². The number of hydrogen-bond acceptors (Lipinski definition) is 8. The van der Waals surface area contributed by atoms with Crippen LogP contribution in [-0.4, -0.2) is 76.8 Å². The average Bonchev–Trinajstić information content (AvgIpc) is 2.95. The standard InChI is InChI=1S/C32H56O8/c1-8-12-18-36-23-27-28(37-19-13-9-2)29(38-20-14-10-3)30(39-21-15-11-4)32(33,40-27)26-22-25(17-16-24(26)5)31(34-6)35-7/h16-17,22,27-31,33H,8-15,18-21,23H2,1-7H3/t27-,28-,29+,30-,32?/m1/s1. The number of rotatable bonds is 21. The van der Waals surface area contributed by atoms with Crippen molar-refractivity contribution in [3.8, 4) is 0 Å². The Kier molecular flexibility index (Phi) is 16.8. The van der Waals surface area contributed by atoms with Gasteiger partial charge < -0.3 is 38.3 Å². The van der Waals surface area contributed by atoms with E-state index in [4.69, 9.17) is 33.2 Å². The van der Waals surface area contributed by atoms with Crippen molar-refractivity contribution in [3.63, 3.8) is 0 Å². The molecule has 0 aromatic heterocycles. The van der Waals surface area contributed by atoms with Crippen molar-refractivity contribution in [2.24, 2.45) is 0 Å². The Morgan fingerprint density at radius 1 is 0.800 bits per heavy atom. The largest absolute Gasteiger partial charge is 0.379 e. The molecule has 8 nitrogen and oxygen atoms in total. The van der Waals surface area contributed by atoms with Crippen LogP contribution < -0.4 is 0 Å². The molecule has 40 heavy (non-hydrogen) atoms. The summed E-state index contributed by atoms with van der Waals surface area (Å²) < 4.78 is 43.3. The molecule has 232 valence electrons. The van der Waals surface area contributed by atoms with Gasteiger partial charge in [0.05, 0.1) is 6.61 Å². The van der Waals surface area contributed by atoms with Crippen LogP contribution in [0.3, 0.4) is 0 Å². The topological polar surface area (TPSA) is 84.8 Å². The van der Waals surface area contributed by atoms with E-state index in [1.165, 1.54) is 0 Å². The summed E-state index contributed by atoms with van der Waals surface area (Å²) in [7, 11) is 3.19. The molecule has 1 aliphatic rings. The minimum atomic E-state index is -1.81. The van der Waals surface area contributed by atoms with Crippen molar-refractivity contribution in [1.29, 1.82) is 0 Å². The van der Waals surface area contributed by atoms with Crippen LogP contribution in [0.1, 0.15) is 102 Å². The van der Waals surface area contributed by atoms with Gasteiger partial charge >= 0.3 is 0 Å². The van der Waals surface area contributed by atoms with Crippen molar-refractivity contribution in [2.45, 2.75) is 122 Å². The van der Waals surface area contributed by atoms with Crippen LogP contribution in [0, 0.1) is 6.92 Å². The predicted molar refractivity (Wildman–Crippen MR) is 156 cm³/mol. The van der Waals surface area contributed by atoms with Gasteiger partial charge in [-0.1, -0.05) is 65.5 Å². The van der Waals surface area contributed by atoms with Crippen LogP contribution in [0.5, 0.6) is 0 Å². The molecule has 1 fully saturated rings. The number of aliphatic hydroxyl groups is 1. The quantitative estimate of drug-likeness (QED) is 0.139. The number of methoxy groups -OCH3 is 2. The molecule has 0 aliphatic carbocycles. The monoisotopic (exact) mass is 568 g/mol. The summed E-state index contributed by atoms with van der Waals surface area (Å²) in [6.07, 6.45) is 4.68. The van der Waals surface area contributed by atoms with E-state index in [-0.39, 0.29) is 6.61 Å². The minimum absolute atomic E-state index is 0.284. The molecular weight excluding hydrogens is 512 g/mol. The van der Waals surface area contributed by atoms with Gasteiger partial charge in [0.15, 0.2) is 6.29 Å². The second kappa shape index (κ2) is 19.2. The smallest absolute Gasteiger partial charge is 0.223 e. The Morgan fingerprint density at radius 2 is 1.35 bits per heavy atom. The number of benzene rings is 1. The lowest BCUT2D eigenvalue weighted by molar-refractivity contribution is -0.375. The fraction of sp³-hybridized carbons (Fsp3) is 0.812. The van der Waals surface area contributed by atoms with E-state index in [2.05, 4.69) is 27.7 Å². The van der Waals surface area contributed by atoms with Crippen LogP contribution >= 0.6 is 0 Å². The number of aryl methyl sites for hydroxylation is 1. The van der Waals surface area contributed by atoms with Crippen molar-refractivity contribution in [2.75, 3.05) is 47.3 Å². The number of unbranched alkanes of at least 4 members (excludes halogenated alkanes) is 4. The molecule has 1 aromatic rings. The summed E-state index contributed by atoms with van der Waals surface area (Å²) in [5, 5.41) is 12.6. The third-order valence-corrected chi connectivity index (χ3v) is 7.39. The first-order valence-corrected chi connectivity index (χ1v) is 15.4. The molecule has 0 radical (unpaired) electrons. The fourth-order valence-electron chi connectivity index (χ4n) is 4.98. The highest BCUT2D eigenvalue weighted by Crippen LogP contribution is 2.43. The Bertz CT molecular complexity index is 801. The van der Waals surface area contributed by atoms with Crippen LogP contribution in [0.15, 0.2) is 18.2 Å². The molecule has 5 atom stereocenters. The predicted octanol–water partition coefficient (Wildman–Crippen LogP) is 6.20.